The van der Waals surface area contributed by atoms with E-state index < -0.39 is 5.97 Å². The minimum absolute atomic E-state index is 0.119. The van der Waals surface area contributed by atoms with Gasteiger partial charge in [0.15, 0.2) is 0 Å². The number of carboxylic acid groups (broad SMARTS) is 1. The summed E-state index contributed by atoms with van der Waals surface area (Å²) in [4.78, 5) is 11.1. The zero-order valence-corrected chi connectivity index (χ0v) is 14.1. The summed E-state index contributed by atoms with van der Waals surface area (Å²) < 4.78 is 12.6. The third-order valence-corrected chi connectivity index (χ3v) is 3.62. The normalized spacial score (nSPS) is 10.2. The molecule has 21 heavy (non-hydrogen) atoms. The lowest BCUT2D eigenvalue weighted by Crippen LogP contribution is -2.11. The first-order valence-electron chi connectivity index (χ1n) is 6.10. The Morgan fingerprint density at radius 3 is 2.24 bits per heavy atom. The van der Waals surface area contributed by atoms with Crippen LogP contribution in [-0.2, 0) is 0 Å². The monoisotopic (exact) mass is 414 g/mol. The van der Waals surface area contributed by atoms with Gasteiger partial charge in [-0.05, 0) is 42.5 Å². The maximum absolute atomic E-state index is 11.1. The molecule has 0 saturated carbocycles. The number of hydrogen-bond donors (Lipinski definition) is 1. The standard InChI is InChI=1S/C15H12Br2O4/c16-10-1-4-12(5-2-10)20-7-8-21-14-6-3-11(17)9-13(14)15(18)19/h1-6,9H,7-8H2,(H,18,19). The second kappa shape index (κ2) is 7.47. The van der Waals surface area contributed by atoms with Gasteiger partial charge in [-0.15, -0.1) is 0 Å². The summed E-state index contributed by atoms with van der Waals surface area (Å²) in [6, 6.07) is 12.3. The highest BCUT2D eigenvalue weighted by molar-refractivity contribution is 9.10. The third-order valence-electron chi connectivity index (χ3n) is 2.60. The molecule has 0 amide bonds. The molecule has 110 valence electrons. The van der Waals surface area contributed by atoms with Crippen LogP contribution in [0, 0.1) is 0 Å². The molecule has 0 aromatic heterocycles. The van der Waals surface area contributed by atoms with Crippen LogP contribution in [0.1, 0.15) is 10.4 Å². The Bertz CT molecular complexity index is 626. The summed E-state index contributed by atoms with van der Waals surface area (Å²) in [5, 5.41) is 9.11. The van der Waals surface area contributed by atoms with E-state index in [1.807, 2.05) is 24.3 Å². The fraction of sp³-hybridized carbons (Fsp3) is 0.133. The Morgan fingerprint density at radius 2 is 1.57 bits per heavy atom. The van der Waals surface area contributed by atoms with E-state index in [9.17, 15) is 4.79 Å². The van der Waals surface area contributed by atoms with E-state index in [1.54, 1.807) is 12.1 Å². The number of benzene rings is 2. The van der Waals surface area contributed by atoms with Crippen LogP contribution in [-0.4, -0.2) is 24.3 Å². The van der Waals surface area contributed by atoms with Crippen LogP contribution in [0.2, 0.25) is 0 Å². The van der Waals surface area contributed by atoms with E-state index in [0.717, 1.165) is 10.2 Å². The predicted octanol–water partition coefficient (Wildman–Crippen LogP) is 4.37. The number of rotatable bonds is 6. The minimum atomic E-state index is -1.03. The van der Waals surface area contributed by atoms with E-state index in [2.05, 4.69) is 31.9 Å². The van der Waals surface area contributed by atoms with Gasteiger partial charge in [0.2, 0.25) is 0 Å². The average Bonchev–Trinajstić information content (AvgIpc) is 2.46. The minimum Gasteiger partial charge on any atom is -0.490 e. The zero-order valence-electron chi connectivity index (χ0n) is 10.9. The number of hydrogen-bond acceptors (Lipinski definition) is 3. The molecule has 0 fully saturated rings. The topological polar surface area (TPSA) is 55.8 Å². The second-order valence-corrected chi connectivity index (χ2v) is 5.93. The predicted molar refractivity (Wildman–Crippen MR) is 86.2 cm³/mol. The lowest BCUT2D eigenvalue weighted by atomic mass is 10.2. The Morgan fingerprint density at radius 1 is 0.952 bits per heavy atom. The van der Waals surface area contributed by atoms with Crippen LogP contribution in [0.15, 0.2) is 51.4 Å². The van der Waals surface area contributed by atoms with Crippen LogP contribution in [0.25, 0.3) is 0 Å². The largest absolute Gasteiger partial charge is 0.490 e. The maximum Gasteiger partial charge on any atom is 0.339 e. The molecule has 0 aliphatic rings. The molecule has 0 aliphatic carbocycles. The van der Waals surface area contributed by atoms with Crippen LogP contribution >= 0.6 is 31.9 Å². The van der Waals surface area contributed by atoms with Crippen molar-refractivity contribution in [3.8, 4) is 11.5 Å². The van der Waals surface area contributed by atoms with Gasteiger partial charge in [0, 0.05) is 8.95 Å². The van der Waals surface area contributed by atoms with Crippen LogP contribution in [0.5, 0.6) is 11.5 Å². The van der Waals surface area contributed by atoms with Crippen molar-refractivity contribution in [2.75, 3.05) is 13.2 Å². The quantitative estimate of drug-likeness (QED) is 0.711. The molecule has 0 atom stereocenters. The van der Waals surface area contributed by atoms with Gasteiger partial charge in [0.1, 0.15) is 30.3 Å². The lowest BCUT2D eigenvalue weighted by Gasteiger charge is -2.10. The van der Waals surface area contributed by atoms with Crippen molar-refractivity contribution in [3.63, 3.8) is 0 Å². The molecule has 1 N–H and O–H groups in total. The Balaban J connectivity index is 1.89. The van der Waals surface area contributed by atoms with Gasteiger partial charge < -0.3 is 14.6 Å². The van der Waals surface area contributed by atoms with Gasteiger partial charge in [0.25, 0.3) is 0 Å². The summed E-state index contributed by atoms with van der Waals surface area (Å²) in [5.74, 6) is 0.0290. The average molecular weight is 416 g/mol. The number of carboxylic acids is 1. The first-order valence-corrected chi connectivity index (χ1v) is 7.69. The number of aromatic carboxylic acids is 1. The smallest absolute Gasteiger partial charge is 0.339 e. The second-order valence-electron chi connectivity index (χ2n) is 4.10. The summed E-state index contributed by atoms with van der Waals surface area (Å²) in [5.41, 5.74) is 0.119. The van der Waals surface area contributed by atoms with Gasteiger partial charge in [-0.25, -0.2) is 4.79 Å². The van der Waals surface area contributed by atoms with E-state index >= 15 is 0 Å². The van der Waals surface area contributed by atoms with E-state index in [4.69, 9.17) is 14.6 Å². The summed E-state index contributed by atoms with van der Waals surface area (Å²) in [6.45, 7) is 0.592. The molecular formula is C15H12Br2O4. The molecule has 2 rings (SSSR count). The maximum atomic E-state index is 11.1. The lowest BCUT2D eigenvalue weighted by molar-refractivity contribution is 0.0691. The highest BCUT2D eigenvalue weighted by Crippen LogP contribution is 2.23. The summed E-state index contributed by atoms with van der Waals surface area (Å²) in [7, 11) is 0. The fourth-order valence-corrected chi connectivity index (χ4v) is 2.26. The van der Waals surface area contributed by atoms with Crippen molar-refractivity contribution >= 4 is 37.8 Å². The van der Waals surface area contributed by atoms with Gasteiger partial charge in [-0.3, -0.25) is 0 Å². The number of halogens is 2. The molecule has 0 saturated heterocycles. The van der Waals surface area contributed by atoms with Crippen molar-refractivity contribution in [3.05, 3.63) is 57.0 Å². The van der Waals surface area contributed by atoms with Gasteiger partial charge in [-0.1, -0.05) is 31.9 Å². The highest BCUT2D eigenvalue weighted by atomic mass is 79.9. The van der Waals surface area contributed by atoms with E-state index in [1.165, 1.54) is 6.07 Å². The Labute approximate surface area is 139 Å². The van der Waals surface area contributed by atoms with E-state index in [0.29, 0.717) is 16.8 Å². The molecule has 0 heterocycles. The summed E-state index contributed by atoms with van der Waals surface area (Å²) >= 11 is 6.58. The van der Waals surface area contributed by atoms with Crippen molar-refractivity contribution in [2.45, 2.75) is 0 Å². The molecule has 0 aliphatic heterocycles. The Kier molecular flexibility index (Phi) is 5.64. The summed E-state index contributed by atoms with van der Waals surface area (Å²) in [6.07, 6.45) is 0. The fourth-order valence-electron chi connectivity index (χ4n) is 1.64. The van der Waals surface area contributed by atoms with Crippen molar-refractivity contribution in [2.24, 2.45) is 0 Å². The van der Waals surface area contributed by atoms with Crippen molar-refractivity contribution < 1.29 is 19.4 Å². The highest BCUT2D eigenvalue weighted by Gasteiger charge is 2.11. The molecule has 0 unspecified atom stereocenters. The van der Waals surface area contributed by atoms with Crippen LogP contribution < -0.4 is 9.47 Å². The number of ether oxygens (including phenoxy) is 2. The molecule has 2 aromatic carbocycles. The van der Waals surface area contributed by atoms with Crippen molar-refractivity contribution in [1.29, 1.82) is 0 Å². The Hall–Kier alpha value is -1.53. The first kappa shape index (κ1) is 15.9. The molecule has 4 nitrogen and oxygen atoms in total. The molecule has 0 bridgehead atoms. The molecule has 0 spiro atoms. The first-order chi connectivity index (χ1) is 10.1. The van der Waals surface area contributed by atoms with Gasteiger partial charge in [-0.2, -0.15) is 0 Å². The van der Waals surface area contributed by atoms with Crippen LogP contribution in [0.3, 0.4) is 0 Å². The number of carbonyl (C=O) groups is 1. The zero-order chi connectivity index (χ0) is 15.2. The molecular weight excluding hydrogens is 404 g/mol. The van der Waals surface area contributed by atoms with Crippen LogP contribution in [0.4, 0.5) is 0 Å². The van der Waals surface area contributed by atoms with E-state index in [-0.39, 0.29) is 12.2 Å². The van der Waals surface area contributed by atoms with Crippen molar-refractivity contribution in [1.82, 2.24) is 0 Å². The molecule has 2 aromatic rings. The molecule has 0 radical (unpaired) electrons. The van der Waals surface area contributed by atoms with Gasteiger partial charge >= 0.3 is 5.97 Å². The third kappa shape index (κ3) is 4.75. The SMILES string of the molecule is O=C(O)c1cc(Br)ccc1OCCOc1ccc(Br)cc1. The van der Waals surface area contributed by atoms with Gasteiger partial charge in [0.05, 0.1) is 0 Å². The molecule has 6 heteroatoms.